The monoisotopic (exact) mass is 369 g/mol. The molecule has 0 saturated carbocycles. The molecule has 0 aliphatic carbocycles. The first kappa shape index (κ1) is 19.7. The van der Waals surface area contributed by atoms with Crippen molar-refractivity contribution in [2.24, 2.45) is 5.92 Å². The molecule has 138 valence electrons. The summed E-state index contributed by atoms with van der Waals surface area (Å²) < 4.78 is 17.9. The van der Waals surface area contributed by atoms with Gasteiger partial charge in [0.15, 0.2) is 13.1 Å². The van der Waals surface area contributed by atoms with Gasteiger partial charge in [0.25, 0.3) is 5.91 Å². The third-order valence-corrected chi connectivity index (χ3v) is 5.35. The Hall–Kier alpha value is -1.60. The van der Waals surface area contributed by atoms with Crippen molar-refractivity contribution in [1.82, 2.24) is 4.90 Å². The second kappa shape index (κ2) is 9.20. The summed E-state index contributed by atoms with van der Waals surface area (Å²) in [6, 6.07) is 6.30. The number of hydrogen-bond acceptors (Lipinski definition) is 4. The summed E-state index contributed by atoms with van der Waals surface area (Å²) in [6.07, 6.45) is 0. The van der Waals surface area contributed by atoms with E-state index in [2.05, 4.69) is 13.8 Å². The fourth-order valence-corrected chi connectivity index (χ4v) is 4.28. The first-order chi connectivity index (χ1) is 11.9. The zero-order chi connectivity index (χ0) is 18.4. The highest BCUT2D eigenvalue weighted by Gasteiger charge is 2.33. The predicted octanol–water partition coefficient (Wildman–Crippen LogP) is 1.11. The Morgan fingerprint density at radius 2 is 2.00 bits per heavy atom. The smallest absolute Gasteiger partial charge is 0.361 e. The van der Waals surface area contributed by atoms with Crippen LogP contribution in [0.5, 0.6) is 0 Å². The highest BCUT2D eigenvalue weighted by Crippen LogP contribution is 2.37. The van der Waals surface area contributed by atoms with Gasteiger partial charge in [0, 0.05) is 18.2 Å². The Morgan fingerprint density at radius 1 is 1.32 bits per heavy atom. The highest BCUT2D eigenvalue weighted by atomic mass is 32.2. The number of ether oxygens (including phenoxy) is 1. The van der Waals surface area contributed by atoms with Crippen LogP contribution in [0.3, 0.4) is 0 Å². The molecule has 7 heteroatoms. The maximum atomic E-state index is 13.1. The van der Waals surface area contributed by atoms with Crippen molar-refractivity contribution in [2.45, 2.75) is 19.2 Å². The summed E-state index contributed by atoms with van der Waals surface area (Å²) in [6.45, 7) is 5.96. The fourth-order valence-electron chi connectivity index (χ4n) is 3.00. The van der Waals surface area contributed by atoms with Crippen LogP contribution >= 0.6 is 11.8 Å². The van der Waals surface area contributed by atoms with Crippen molar-refractivity contribution in [1.29, 1.82) is 0 Å². The maximum Gasteiger partial charge on any atom is 0.361 e. The summed E-state index contributed by atoms with van der Waals surface area (Å²) in [5.41, 5.74) is 0.927. The van der Waals surface area contributed by atoms with Crippen LogP contribution in [-0.4, -0.2) is 55.8 Å². The summed E-state index contributed by atoms with van der Waals surface area (Å²) in [5.74, 6) is 0.640. The minimum atomic E-state index is -0.311. The minimum absolute atomic E-state index is 0.0129. The quantitative estimate of drug-likeness (QED) is 0.732. The number of amides is 1. The van der Waals surface area contributed by atoms with Gasteiger partial charge in [-0.3, -0.25) is 4.79 Å². The van der Waals surface area contributed by atoms with Crippen LogP contribution in [0.2, 0.25) is 0 Å². The number of methoxy groups -OCH3 is 1. The van der Waals surface area contributed by atoms with Crippen molar-refractivity contribution < 1.29 is 23.6 Å². The van der Waals surface area contributed by atoms with Gasteiger partial charge in [-0.15, -0.1) is 11.8 Å². The molecule has 25 heavy (non-hydrogen) atoms. The largest absolute Gasteiger partial charge is 0.465 e. The molecule has 1 heterocycles. The summed E-state index contributed by atoms with van der Waals surface area (Å²) in [7, 11) is 1.36. The van der Waals surface area contributed by atoms with Crippen LogP contribution in [0.15, 0.2) is 24.3 Å². The SMILES string of the molecule is COC(=O)C[NH+](CC(=O)N1CCS[C@@H]1c1ccc(F)cc1)CC(C)C. The summed E-state index contributed by atoms with van der Waals surface area (Å²) >= 11 is 1.68. The first-order valence-electron chi connectivity index (χ1n) is 8.47. The Labute approximate surface area is 152 Å². The standard InChI is InChI=1S/C18H25FN2O3S/c1-13(2)10-20(12-17(23)24-3)11-16(22)21-8-9-25-18(21)14-4-6-15(19)7-5-14/h4-7,13,18H,8-12H2,1-3H3/p+1/t18-/m1/s1. The maximum absolute atomic E-state index is 13.1. The van der Waals surface area contributed by atoms with Crippen molar-refractivity contribution in [3.05, 3.63) is 35.6 Å². The molecule has 0 bridgehead atoms. The van der Waals surface area contributed by atoms with Crippen LogP contribution in [0.25, 0.3) is 0 Å². The first-order valence-corrected chi connectivity index (χ1v) is 9.52. The van der Waals surface area contributed by atoms with Crippen LogP contribution in [0, 0.1) is 11.7 Å². The van der Waals surface area contributed by atoms with Crippen molar-refractivity contribution in [2.75, 3.05) is 39.0 Å². The van der Waals surface area contributed by atoms with E-state index in [4.69, 9.17) is 4.74 Å². The molecule has 1 unspecified atom stereocenters. The lowest BCUT2D eigenvalue weighted by Crippen LogP contribution is -3.14. The van der Waals surface area contributed by atoms with E-state index in [0.29, 0.717) is 12.5 Å². The molecule has 1 aromatic carbocycles. The molecule has 1 fully saturated rings. The number of benzene rings is 1. The van der Waals surface area contributed by atoms with Gasteiger partial charge in [0.1, 0.15) is 11.2 Å². The van der Waals surface area contributed by atoms with E-state index in [-0.39, 0.29) is 36.2 Å². The molecular formula is C18H26FN2O3S+. The van der Waals surface area contributed by atoms with E-state index in [1.807, 2.05) is 4.90 Å². The van der Waals surface area contributed by atoms with E-state index < -0.39 is 0 Å². The van der Waals surface area contributed by atoms with Crippen LogP contribution in [0.1, 0.15) is 24.8 Å². The van der Waals surface area contributed by atoms with Crippen molar-refractivity contribution in [3.63, 3.8) is 0 Å². The topological polar surface area (TPSA) is 51.1 Å². The number of esters is 1. The van der Waals surface area contributed by atoms with Crippen LogP contribution < -0.4 is 4.90 Å². The molecule has 0 radical (unpaired) electrons. The van der Waals surface area contributed by atoms with E-state index in [1.165, 1.54) is 19.2 Å². The fraction of sp³-hybridized carbons (Fsp3) is 0.556. The lowest BCUT2D eigenvalue weighted by atomic mass is 10.2. The van der Waals surface area contributed by atoms with Gasteiger partial charge in [-0.2, -0.15) is 0 Å². The number of rotatable bonds is 7. The molecule has 2 atom stereocenters. The Balaban J connectivity index is 2.05. The number of carbonyl (C=O) groups is 2. The highest BCUT2D eigenvalue weighted by molar-refractivity contribution is 7.99. The average Bonchev–Trinajstić information content (AvgIpc) is 3.04. The molecule has 1 amide bonds. The van der Waals surface area contributed by atoms with Gasteiger partial charge < -0.3 is 14.5 Å². The number of thioether (sulfide) groups is 1. The zero-order valence-electron chi connectivity index (χ0n) is 15.0. The van der Waals surface area contributed by atoms with Crippen molar-refractivity contribution in [3.8, 4) is 0 Å². The second-order valence-corrected chi connectivity index (χ2v) is 7.83. The molecule has 1 aliphatic rings. The lowest BCUT2D eigenvalue weighted by Gasteiger charge is -2.27. The van der Waals surface area contributed by atoms with Gasteiger partial charge in [-0.05, 0) is 17.7 Å². The van der Waals surface area contributed by atoms with Gasteiger partial charge in [0.05, 0.1) is 13.7 Å². The summed E-state index contributed by atoms with van der Waals surface area (Å²) in [5, 5.41) is -0.0912. The van der Waals surface area contributed by atoms with E-state index in [9.17, 15) is 14.0 Å². The van der Waals surface area contributed by atoms with Crippen molar-refractivity contribution >= 4 is 23.6 Å². The molecule has 1 N–H and O–H groups in total. The van der Waals surface area contributed by atoms with Gasteiger partial charge in [-0.1, -0.05) is 26.0 Å². The third kappa shape index (κ3) is 5.71. The van der Waals surface area contributed by atoms with E-state index in [1.54, 1.807) is 23.9 Å². The van der Waals surface area contributed by atoms with Gasteiger partial charge in [-0.25, -0.2) is 9.18 Å². The molecular weight excluding hydrogens is 343 g/mol. The number of halogens is 1. The lowest BCUT2D eigenvalue weighted by molar-refractivity contribution is -0.887. The molecule has 1 aliphatic heterocycles. The molecule has 1 saturated heterocycles. The second-order valence-electron chi connectivity index (χ2n) is 6.64. The molecule has 2 rings (SSSR count). The van der Waals surface area contributed by atoms with E-state index in [0.717, 1.165) is 22.8 Å². The normalized spacial score (nSPS) is 18.4. The number of quaternary nitrogens is 1. The Morgan fingerprint density at radius 3 is 2.60 bits per heavy atom. The predicted molar refractivity (Wildman–Crippen MR) is 95.7 cm³/mol. The van der Waals surface area contributed by atoms with Crippen LogP contribution in [-0.2, 0) is 14.3 Å². The van der Waals surface area contributed by atoms with E-state index >= 15 is 0 Å². The number of nitrogens with zero attached hydrogens (tertiary/aromatic N) is 1. The van der Waals surface area contributed by atoms with Crippen LogP contribution in [0.4, 0.5) is 4.39 Å². The molecule has 0 aromatic heterocycles. The summed E-state index contributed by atoms with van der Waals surface area (Å²) in [4.78, 5) is 27.2. The Bertz CT molecular complexity index is 594. The molecule has 0 spiro atoms. The number of nitrogens with one attached hydrogen (secondary N) is 1. The number of carbonyl (C=O) groups excluding carboxylic acids is 2. The molecule has 1 aromatic rings. The average molecular weight is 369 g/mol. The van der Waals surface area contributed by atoms with Gasteiger partial charge in [0.2, 0.25) is 0 Å². The minimum Gasteiger partial charge on any atom is -0.465 e. The van der Waals surface area contributed by atoms with Gasteiger partial charge >= 0.3 is 5.97 Å². The Kier molecular flexibility index (Phi) is 7.25. The third-order valence-electron chi connectivity index (χ3n) is 4.09. The zero-order valence-corrected chi connectivity index (χ0v) is 15.8. The molecule has 5 nitrogen and oxygen atoms in total. The number of hydrogen-bond donors (Lipinski definition) is 1.